The van der Waals surface area contributed by atoms with Gasteiger partial charge in [-0.2, -0.15) is 0 Å². The van der Waals surface area contributed by atoms with E-state index in [0.717, 1.165) is 66.6 Å². The van der Waals surface area contributed by atoms with Crippen molar-refractivity contribution in [3.8, 4) is 0 Å². The van der Waals surface area contributed by atoms with Gasteiger partial charge >= 0.3 is 0 Å². The van der Waals surface area contributed by atoms with Crippen molar-refractivity contribution >= 4 is 22.6 Å². The summed E-state index contributed by atoms with van der Waals surface area (Å²) in [6, 6.07) is 7.63. The van der Waals surface area contributed by atoms with E-state index in [9.17, 15) is 9.18 Å². The predicted molar refractivity (Wildman–Crippen MR) is 124 cm³/mol. The van der Waals surface area contributed by atoms with Gasteiger partial charge in [0.25, 0.3) is 5.91 Å². The van der Waals surface area contributed by atoms with Crippen molar-refractivity contribution in [1.82, 2.24) is 20.2 Å². The minimum atomic E-state index is -0.252. The number of nitrogens with zero attached hydrogens (tertiary/aromatic N) is 2. The van der Waals surface area contributed by atoms with Gasteiger partial charge in [-0.05, 0) is 68.8 Å². The molecule has 1 atom stereocenters. The molecule has 6 nitrogen and oxygen atoms in total. The number of nitrogens with two attached hydrogens (primary N) is 1. The molecule has 168 valence electrons. The number of anilines is 1. The number of nitrogens with one attached hydrogen (secondary N) is 2. The minimum absolute atomic E-state index is 0.0463. The smallest absolute Gasteiger partial charge is 0.255 e. The first-order valence-electron chi connectivity index (χ1n) is 11.5. The van der Waals surface area contributed by atoms with Crippen LogP contribution in [0.1, 0.15) is 64.7 Å². The van der Waals surface area contributed by atoms with E-state index in [0.29, 0.717) is 30.3 Å². The van der Waals surface area contributed by atoms with Gasteiger partial charge < -0.3 is 20.9 Å². The number of fused-ring (bicyclic) bond motifs is 1. The van der Waals surface area contributed by atoms with Gasteiger partial charge in [0.05, 0.1) is 11.8 Å². The number of piperidine rings is 2. The Morgan fingerprint density at radius 3 is 2.72 bits per heavy atom. The summed E-state index contributed by atoms with van der Waals surface area (Å²) in [6.45, 7) is 5.12. The average molecular weight is 436 g/mol. The Labute approximate surface area is 187 Å². The molecule has 4 heterocycles. The van der Waals surface area contributed by atoms with Crippen LogP contribution in [-0.2, 0) is 0 Å². The largest absolute Gasteiger partial charge is 0.398 e. The van der Waals surface area contributed by atoms with E-state index in [1.807, 2.05) is 24.0 Å². The monoisotopic (exact) mass is 435 g/mol. The Morgan fingerprint density at radius 1 is 1.19 bits per heavy atom. The normalized spacial score (nSPS) is 20.1. The fourth-order valence-corrected chi connectivity index (χ4v) is 5.26. The molecule has 2 aliphatic rings. The van der Waals surface area contributed by atoms with Crippen LogP contribution in [0.2, 0.25) is 0 Å². The number of pyridine rings is 1. The molecule has 2 aliphatic heterocycles. The number of hydrogen-bond donors (Lipinski definition) is 3. The van der Waals surface area contributed by atoms with E-state index in [-0.39, 0.29) is 17.6 Å². The summed E-state index contributed by atoms with van der Waals surface area (Å²) in [6.07, 6.45) is 5.05. The zero-order valence-electron chi connectivity index (χ0n) is 18.5. The minimum Gasteiger partial charge on any atom is -0.398 e. The van der Waals surface area contributed by atoms with Crippen LogP contribution >= 0.6 is 0 Å². The van der Waals surface area contributed by atoms with E-state index in [2.05, 4.69) is 21.4 Å². The van der Waals surface area contributed by atoms with Gasteiger partial charge in [0.1, 0.15) is 11.5 Å². The maximum atomic E-state index is 15.0. The lowest BCUT2D eigenvalue weighted by Gasteiger charge is -2.33. The highest BCUT2D eigenvalue weighted by molar-refractivity contribution is 5.99. The summed E-state index contributed by atoms with van der Waals surface area (Å²) in [5.41, 5.74) is 10.8. The number of carbonyl (C=O) groups excluding carboxylic acids is 1. The molecule has 1 aromatic carbocycles. The third-order valence-corrected chi connectivity index (χ3v) is 7.04. The predicted octanol–water partition coefficient (Wildman–Crippen LogP) is 4.08. The second-order valence-corrected chi connectivity index (χ2v) is 9.21. The van der Waals surface area contributed by atoms with Gasteiger partial charge in [0.15, 0.2) is 0 Å². The molecule has 0 radical (unpaired) electrons. The maximum Gasteiger partial charge on any atom is 0.255 e. The number of aromatic amines is 1. The number of hydrogen-bond acceptors (Lipinski definition) is 4. The van der Waals surface area contributed by atoms with Gasteiger partial charge in [0.2, 0.25) is 0 Å². The lowest BCUT2D eigenvalue weighted by atomic mass is 9.87. The maximum absolute atomic E-state index is 15.0. The first-order valence-corrected chi connectivity index (χ1v) is 11.5. The lowest BCUT2D eigenvalue weighted by molar-refractivity contribution is 0.0714. The van der Waals surface area contributed by atoms with Crippen molar-refractivity contribution in [2.24, 2.45) is 0 Å². The van der Waals surface area contributed by atoms with Crippen LogP contribution in [0.3, 0.4) is 0 Å². The number of nitrogen functional groups attached to an aromatic ring is 1. The summed E-state index contributed by atoms with van der Waals surface area (Å²) in [7, 11) is 0. The highest BCUT2D eigenvalue weighted by Gasteiger charge is 2.29. The fraction of sp³-hybridized carbons (Fsp3) is 0.440. The van der Waals surface area contributed by atoms with Gasteiger partial charge in [-0.3, -0.25) is 4.79 Å². The molecular weight excluding hydrogens is 405 g/mol. The van der Waals surface area contributed by atoms with Crippen molar-refractivity contribution in [3.63, 3.8) is 0 Å². The molecule has 4 N–H and O–H groups in total. The standard InChI is InChI=1S/C25H30FN5O/c1-15-4-5-18(21(27)11-15)25(32)31-9-6-16(7-10-31)23-19-12-22(17-3-2-8-28-13-17)30-24(19)29-14-20(23)26/h4-5,11-12,14,16-17,28H,2-3,6-10,13,27H2,1H3,(H,29,30). The van der Waals surface area contributed by atoms with E-state index >= 15 is 0 Å². The van der Waals surface area contributed by atoms with Crippen molar-refractivity contribution in [1.29, 1.82) is 0 Å². The fourth-order valence-electron chi connectivity index (χ4n) is 5.26. The molecule has 0 saturated carbocycles. The van der Waals surface area contributed by atoms with Crippen molar-refractivity contribution in [2.75, 3.05) is 31.9 Å². The Balaban J connectivity index is 1.36. The highest BCUT2D eigenvalue weighted by Crippen LogP contribution is 2.36. The Hall–Kier alpha value is -2.93. The molecule has 1 amide bonds. The molecule has 3 aromatic rings. The zero-order valence-corrected chi connectivity index (χ0v) is 18.5. The van der Waals surface area contributed by atoms with Crippen LogP contribution in [-0.4, -0.2) is 47.0 Å². The summed E-state index contributed by atoms with van der Waals surface area (Å²) < 4.78 is 15.0. The third-order valence-electron chi connectivity index (χ3n) is 7.04. The van der Waals surface area contributed by atoms with Crippen LogP contribution in [0.15, 0.2) is 30.5 Å². The first kappa shape index (κ1) is 20.9. The van der Waals surface area contributed by atoms with Gasteiger partial charge in [-0.25, -0.2) is 9.37 Å². The van der Waals surface area contributed by atoms with Crippen molar-refractivity contribution in [2.45, 2.75) is 44.4 Å². The molecule has 0 bridgehead atoms. The van der Waals surface area contributed by atoms with Crippen LogP contribution < -0.4 is 11.1 Å². The SMILES string of the molecule is Cc1ccc(C(=O)N2CCC(c3c(F)cnc4[nH]c(C5CCCNC5)cc34)CC2)c(N)c1. The molecule has 0 spiro atoms. The van der Waals surface area contributed by atoms with E-state index in [4.69, 9.17) is 5.73 Å². The number of aryl methyl sites for hydroxylation is 1. The molecule has 1 unspecified atom stereocenters. The number of likely N-dealkylation sites (tertiary alicyclic amines) is 1. The summed E-state index contributed by atoms with van der Waals surface area (Å²) in [4.78, 5) is 22.6. The Kier molecular flexibility index (Phi) is 5.59. The first-order chi connectivity index (χ1) is 15.5. The molecule has 7 heteroatoms. The van der Waals surface area contributed by atoms with E-state index in [1.165, 1.54) is 6.20 Å². The number of rotatable bonds is 3. The van der Waals surface area contributed by atoms with Gasteiger partial charge in [0, 0.05) is 47.9 Å². The quantitative estimate of drug-likeness (QED) is 0.541. The second-order valence-electron chi connectivity index (χ2n) is 9.21. The molecule has 0 aliphatic carbocycles. The average Bonchev–Trinajstić information content (AvgIpc) is 3.24. The lowest BCUT2D eigenvalue weighted by Crippen LogP contribution is -2.38. The number of H-pyrrole nitrogens is 1. The number of aromatic nitrogens is 2. The van der Waals surface area contributed by atoms with Crippen LogP contribution in [0.25, 0.3) is 11.0 Å². The van der Waals surface area contributed by atoms with Crippen molar-refractivity contribution < 1.29 is 9.18 Å². The van der Waals surface area contributed by atoms with Crippen molar-refractivity contribution in [3.05, 3.63) is 58.7 Å². The number of halogens is 1. The molecule has 5 rings (SSSR count). The molecule has 2 aromatic heterocycles. The number of carbonyl (C=O) groups is 1. The van der Waals surface area contributed by atoms with E-state index < -0.39 is 0 Å². The van der Waals surface area contributed by atoms with Gasteiger partial charge in [-0.15, -0.1) is 0 Å². The van der Waals surface area contributed by atoms with Crippen LogP contribution in [0.4, 0.5) is 10.1 Å². The Bertz CT molecular complexity index is 1140. The van der Waals surface area contributed by atoms with Gasteiger partial charge in [-0.1, -0.05) is 6.07 Å². The summed E-state index contributed by atoms with van der Waals surface area (Å²) >= 11 is 0. The summed E-state index contributed by atoms with van der Waals surface area (Å²) in [5, 5.41) is 4.33. The summed E-state index contributed by atoms with van der Waals surface area (Å²) in [5.74, 6) is 0.175. The van der Waals surface area contributed by atoms with E-state index in [1.54, 1.807) is 6.07 Å². The van der Waals surface area contributed by atoms with Crippen LogP contribution in [0.5, 0.6) is 0 Å². The second kappa shape index (κ2) is 8.54. The molecule has 32 heavy (non-hydrogen) atoms. The van der Waals surface area contributed by atoms with Crippen LogP contribution in [0, 0.1) is 12.7 Å². The zero-order chi connectivity index (χ0) is 22.2. The molecule has 2 fully saturated rings. The molecule has 2 saturated heterocycles. The number of amides is 1. The number of benzene rings is 1. The third kappa shape index (κ3) is 3.86. The topological polar surface area (TPSA) is 87.0 Å². The highest BCUT2D eigenvalue weighted by atomic mass is 19.1. The Morgan fingerprint density at radius 2 is 2.00 bits per heavy atom. The molecular formula is C25H30FN5O.